The summed E-state index contributed by atoms with van der Waals surface area (Å²) in [6, 6.07) is 0.455. The molecule has 5 nitrogen and oxygen atoms in total. The van der Waals surface area contributed by atoms with Crippen LogP contribution in [0, 0.1) is 0 Å². The lowest BCUT2D eigenvalue weighted by Gasteiger charge is -2.36. The zero-order valence-corrected chi connectivity index (χ0v) is 10.5. The molecule has 6 heteroatoms. The van der Waals surface area contributed by atoms with Crippen LogP contribution in [-0.2, 0) is 10.0 Å². The monoisotopic (exact) mass is 248 g/mol. The van der Waals surface area contributed by atoms with E-state index in [0.29, 0.717) is 19.1 Å². The van der Waals surface area contributed by atoms with E-state index in [-0.39, 0.29) is 6.10 Å². The molecule has 16 heavy (non-hydrogen) atoms. The molecule has 0 amide bonds. The van der Waals surface area contributed by atoms with Crippen LogP contribution in [0.2, 0.25) is 0 Å². The van der Waals surface area contributed by atoms with Crippen LogP contribution in [0.3, 0.4) is 0 Å². The number of aliphatic hydroxyl groups excluding tert-OH is 1. The normalized spacial score (nSPS) is 34.4. The number of hydrogen-bond acceptors (Lipinski definition) is 4. The highest BCUT2D eigenvalue weighted by atomic mass is 32.2. The van der Waals surface area contributed by atoms with E-state index in [1.54, 1.807) is 0 Å². The molecular formula is C10H20N2O3S. The van der Waals surface area contributed by atoms with Crippen LogP contribution < -0.4 is 0 Å². The summed E-state index contributed by atoms with van der Waals surface area (Å²) in [6.45, 7) is 2.77. The molecule has 2 rings (SSSR count). The Morgan fingerprint density at radius 1 is 1.12 bits per heavy atom. The van der Waals surface area contributed by atoms with Gasteiger partial charge < -0.3 is 5.11 Å². The topological polar surface area (TPSA) is 60.9 Å². The Bertz CT molecular complexity index is 336. The van der Waals surface area contributed by atoms with Gasteiger partial charge in [-0.25, -0.2) is 8.42 Å². The van der Waals surface area contributed by atoms with Crippen LogP contribution in [0.15, 0.2) is 0 Å². The van der Waals surface area contributed by atoms with Crippen LogP contribution in [0.25, 0.3) is 0 Å². The van der Waals surface area contributed by atoms with Gasteiger partial charge in [0.15, 0.2) is 0 Å². The number of piperazine rings is 1. The molecular weight excluding hydrogens is 228 g/mol. The lowest BCUT2D eigenvalue weighted by Crippen LogP contribution is -2.51. The smallest absolute Gasteiger partial charge is 0.211 e. The molecule has 0 aromatic heterocycles. The zero-order chi connectivity index (χ0) is 11.8. The van der Waals surface area contributed by atoms with E-state index < -0.39 is 10.0 Å². The molecule has 2 aliphatic rings. The van der Waals surface area contributed by atoms with Crippen molar-refractivity contribution in [1.82, 2.24) is 9.21 Å². The highest BCUT2D eigenvalue weighted by Gasteiger charge is 2.31. The summed E-state index contributed by atoms with van der Waals surface area (Å²) < 4.78 is 24.2. The molecule has 2 unspecified atom stereocenters. The molecule has 94 valence electrons. The van der Waals surface area contributed by atoms with E-state index in [4.69, 9.17) is 0 Å². The quantitative estimate of drug-likeness (QED) is 0.714. The van der Waals surface area contributed by atoms with Gasteiger partial charge >= 0.3 is 0 Å². The molecule has 1 saturated carbocycles. The van der Waals surface area contributed by atoms with Crippen molar-refractivity contribution in [2.45, 2.75) is 31.4 Å². The molecule has 0 bridgehead atoms. The van der Waals surface area contributed by atoms with Crippen LogP contribution in [-0.4, -0.2) is 67.3 Å². The van der Waals surface area contributed by atoms with Crippen molar-refractivity contribution in [3.8, 4) is 0 Å². The lowest BCUT2D eigenvalue weighted by atomic mass is 10.2. The Labute approximate surface area is 97.1 Å². The van der Waals surface area contributed by atoms with Crippen molar-refractivity contribution in [1.29, 1.82) is 0 Å². The Morgan fingerprint density at radius 3 is 2.19 bits per heavy atom. The third-order valence-electron chi connectivity index (χ3n) is 3.64. The highest BCUT2D eigenvalue weighted by Crippen LogP contribution is 2.25. The van der Waals surface area contributed by atoms with E-state index in [2.05, 4.69) is 4.90 Å². The lowest BCUT2D eigenvalue weighted by molar-refractivity contribution is 0.120. The minimum atomic E-state index is -3.03. The molecule has 1 N–H and O–H groups in total. The first-order valence-electron chi connectivity index (χ1n) is 5.84. The summed E-state index contributed by atoms with van der Waals surface area (Å²) in [5, 5.41) is 9.48. The molecule has 1 aliphatic heterocycles. The first kappa shape index (κ1) is 12.3. The van der Waals surface area contributed by atoms with Crippen LogP contribution >= 0.6 is 0 Å². The van der Waals surface area contributed by atoms with Crippen LogP contribution in [0.4, 0.5) is 0 Å². The third-order valence-corrected chi connectivity index (χ3v) is 4.94. The zero-order valence-electron chi connectivity index (χ0n) is 9.67. The summed E-state index contributed by atoms with van der Waals surface area (Å²) in [5.41, 5.74) is 0. The minimum Gasteiger partial charge on any atom is -0.393 e. The summed E-state index contributed by atoms with van der Waals surface area (Å²) in [4.78, 5) is 2.32. The summed E-state index contributed by atoms with van der Waals surface area (Å²) in [5.74, 6) is 0. The van der Waals surface area contributed by atoms with E-state index in [1.807, 2.05) is 0 Å². The summed E-state index contributed by atoms with van der Waals surface area (Å²) in [6.07, 6.45) is 3.88. The van der Waals surface area contributed by atoms with Gasteiger partial charge in [0.2, 0.25) is 10.0 Å². The van der Waals surface area contributed by atoms with E-state index in [0.717, 1.165) is 32.4 Å². The fourth-order valence-electron chi connectivity index (χ4n) is 2.67. The molecule has 1 saturated heterocycles. The van der Waals surface area contributed by atoms with Gasteiger partial charge in [0.25, 0.3) is 0 Å². The maximum Gasteiger partial charge on any atom is 0.211 e. The minimum absolute atomic E-state index is 0.155. The Morgan fingerprint density at radius 2 is 1.75 bits per heavy atom. The van der Waals surface area contributed by atoms with Gasteiger partial charge in [0.1, 0.15) is 0 Å². The van der Waals surface area contributed by atoms with E-state index >= 15 is 0 Å². The fraction of sp³-hybridized carbons (Fsp3) is 1.00. The molecule has 1 heterocycles. The van der Waals surface area contributed by atoms with Crippen molar-refractivity contribution in [2.24, 2.45) is 0 Å². The predicted octanol–water partition coefficient (Wildman–Crippen LogP) is -0.523. The molecule has 0 radical (unpaired) electrons. The second-order valence-electron chi connectivity index (χ2n) is 4.82. The van der Waals surface area contributed by atoms with Crippen molar-refractivity contribution in [2.75, 3.05) is 32.4 Å². The largest absolute Gasteiger partial charge is 0.393 e. The van der Waals surface area contributed by atoms with Crippen molar-refractivity contribution in [3.05, 3.63) is 0 Å². The van der Waals surface area contributed by atoms with Gasteiger partial charge in [-0.1, -0.05) is 0 Å². The second-order valence-corrected chi connectivity index (χ2v) is 6.80. The fourth-order valence-corrected chi connectivity index (χ4v) is 3.49. The molecule has 0 aromatic carbocycles. The molecule has 1 aliphatic carbocycles. The number of hydrogen-bond donors (Lipinski definition) is 1. The second kappa shape index (κ2) is 4.60. The SMILES string of the molecule is CS(=O)(=O)N1CCN(C2CCC(O)C2)CC1. The summed E-state index contributed by atoms with van der Waals surface area (Å²) in [7, 11) is -3.03. The number of nitrogens with zero attached hydrogens (tertiary/aromatic N) is 2. The first-order chi connectivity index (χ1) is 7.47. The Kier molecular flexibility index (Phi) is 3.53. The van der Waals surface area contributed by atoms with Gasteiger partial charge in [-0.2, -0.15) is 4.31 Å². The number of aliphatic hydroxyl groups is 1. The maximum atomic E-state index is 11.3. The van der Waals surface area contributed by atoms with E-state index in [9.17, 15) is 13.5 Å². The van der Waals surface area contributed by atoms with Gasteiger partial charge in [0, 0.05) is 32.2 Å². The molecule has 0 spiro atoms. The third kappa shape index (κ3) is 2.74. The van der Waals surface area contributed by atoms with Gasteiger partial charge in [0.05, 0.1) is 12.4 Å². The molecule has 2 atom stereocenters. The van der Waals surface area contributed by atoms with E-state index in [1.165, 1.54) is 10.6 Å². The van der Waals surface area contributed by atoms with Crippen molar-refractivity contribution < 1.29 is 13.5 Å². The average molecular weight is 248 g/mol. The number of rotatable bonds is 2. The molecule has 0 aromatic rings. The first-order valence-corrected chi connectivity index (χ1v) is 7.69. The average Bonchev–Trinajstić information content (AvgIpc) is 2.64. The highest BCUT2D eigenvalue weighted by molar-refractivity contribution is 7.88. The molecule has 2 fully saturated rings. The standard InChI is InChI=1S/C10H20N2O3S/c1-16(14,15)12-6-4-11(5-7-12)9-2-3-10(13)8-9/h9-10,13H,2-8H2,1H3. The van der Waals surface area contributed by atoms with Crippen LogP contribution in [0.1, 0.15) is 19.3 Å². The number of sulfonamides is 1. The van der Waals surface area contributed by atoms with Gasteiger partial charge in [-0.05, 0) is 19.3 Å². The van der Waals surface area contributed by atoms with Gasteiger partial charge in [-0.3, -0.25) is 4.90 Å². The van der Waals surface area contributed by atoms with Crippen molar-refractivity contribution >= 4 is 10.0 Å². The van der Waals surface area contributed by atoms with Crippen LogP contribution in [0.5, 0.6) is 0 Å². The summed E-state index contributed by atoms with van der Waals surface area (Å²) >= 11 is 0. The Hall–Kier alpha value is -0.170. The Balaban J connectivity index is 1.86. The van der Waals surface area contributed by atoms with Gasteiger partial charge in [-0.15, -0.1) is 0 Å². The van der Waals surface area contributed by atoms with Crippen molar-refractivity contribution in [3.63, 3.8) is 0 Å². The maximum absolute atomic E-state index is 11.3. The predicted molar refractivity (Wildman–Crippen MR) is 61.6 cm³/mol.